The third-order valence-corrected chi connectivity index (χ3v) is 4.54. The Kier molecular flexibility index (Phi) is 6.00. The molecule has 0 saturated heterocycles. The van der Waals surface area contributed by atoms with Crippen molar-refractivity contribution < 1.29 is 32.0 Å². The van der Waals surface area contributed by atoms with Gasteiger partial charge >= 0.3 is 18.9 Å². The van der Waals surface area contributed by atoms with E-state index in [0.717, 1.165) is 16.4 Å². The fourth-order valence-corrected chi connectivity index (χ4v) is 3.28. The summed E-state index contributed by atoms with van der Waals surface area (Å²) < 4.78 is 40.1. The van der Waals surface area contributed by atoms with Gasteiger partial charge in [-0.25, -0.2) is 19.1 Å². The summed E-state index contributed by atoms with van der Waals surface area (Å²) in [6, 6.07) is 18.4. The van der Waals surface area contributed by atoms with Gasteiger partial charge in [0.2, 0.25) is 0 Å². The SMILES string of the molecule is C=C[B-](c1ccc(F)cc1)(c1ccc(F)cc1)c1ccc(F)cc1.[Li+]. The van der Waals surface area contributed by atoms with Crippen LogP contribution in [0.15, 0.2) is 85.4 Å². The Morgan fingerprint density at radius 3 is 1.00 bits per heavy atom. The van der Waals surface area contributed by atoms with Gasteiger partial charge in [-0.3, -0.25) is 0 Å². The van der Waals surface area contributed by atoms with Crippen LogP contribution in [-0.4, -0.2) is 6.15 Å². The van der Waals surface area contributed by atoms with Gasteiger partial charge in [-0.15, -0.1) is 6.58 Å². The van der Waals surface area contributed by atoms with E-state index in [1.807, 2.05) is 0 Å². The van der Waals surface area contributed by atoms with Gasteiger partial charge in [-0.1, -0.05) is 36.4 Å². The van der Waals surface area contributed by atoms with Crippen LogP contribution in [0.2, 0.25) is 0 Å². The zero-order chi connectivity index (χ0) is 17.2. The van der Waals surface area contributed by atoms with Crippen LogP contribution in [0.4, 0.5) is 13.2 Å². The molecule has 0 unspecified atom stereocenters. The van der Waals surface area contributed by atoms with Crippen LogP contribution >= 0.6 is 0 Å². The van der Waals surface area contributed by atoms with Gasteiger partial charge in [0.1, 0.15) is 17.5 Å². The van der Waals surface area contributed by atoms with E-state index < -0.39 is 6.15 Å². The normalized spacial score (nSPS) is 10.8. The minimum Gasteiger partial charge on any atom is -0.239 e. The Labute approximate surface area is 157 Å². The summed E-state index contributed by atoms with van der Waals surface area (Å²) in [6.45, 7) is 3.98. The van der Waals surface area contributed by atoms with Crippen LogP contribution < -0.4 is 35.2 Å². The molecular weight excluding hydrogens is 315 g/mol. The van der Waals surface area contributed by atoms with E-state index in [0.29, 0.717) is 0 Å². The van der Waals surface area contributed by atoms with Crippen molar-refractivity contribution in [3.05, 3.63) is 103 Å². The van der Waals surface area contributed by atoms with Crippen molar-refractivity contribution >= 4 is 22.5 Å². The monoisotopic (exact) mass is 330 g/mol. The fourth-order valence-electron chi connectivity index (χ4n) is 3.28. The average Bonchev–Trinajstić information content (AvgIpc) is 2.60. The molecular formula is C20H15BF3Li. The summed E-state index contributed by atoms with van der Waals surface area (Å²) in [5.41, 5.74) is 2.47. The summed E-state index contributed by atoms with van der Waals surface area (Å²) in [4.78, 5) is 0. The first kappa shape index (κ1) is 19.2. The summed E-state index contributed by atoms with van der Waals surface area (Å²) in [5.74, 6) is 0.746. The maximum Gasteiger partial charge on any atom is 1.00 e. The Bertz CT molecular complexity index is 733. The molecule has 0 fully saturated rings. The van der Waals surface area contributed by atoms with E-state index in [2.05, 4.69) is 6.58 Å². The van der Waals surface area contributed by atoms with Crippen molar-refractivity contribution in [2.75, 3.05) is 0 Å². The molecule has 5 heteroatoms. The predicted molar refractivity (Wildman–Crippen MR) is 94.1 cm³/mol. The van der Waals surface area contributed by atoms with Gasteiger partial charge in [0.25, 0.3) is 0 Å². The van der Waals surface area contributed by atoms with Crippen molar-refractivity contribution in [3.63, 3.8) is 0 Å². The Balaban J connectivity index is 0.00000225. The predicted octanol–water partition coefficient (Wildman–Crippen LogP) is 0.303. The first-order valence-corrected chi connectivity index (χ1v) is 7.64. The van der Waals surface area contributed by atoms with Crippen LogP contribution in [0, 0.1) is 17.5 Å². The molecule has 3 aromatic carbocycles. The van der Waals surface area contributed by atoms with Gasteiger partial charge in [-0.05, 0) is 36.4 Å². The molecule has 0 bridgehead atoms. The van der Waals surface area contributed by atoms with E-state index in [-0.39, 0.29) is 36.3 Å². The molecule has 0 heterocycles. The van der Waals surface area contributed by atoms with Crippen LogP contribution in [0.25, 0.3) is 0 Å². The molecule has 0 nitrogen and oxygen atoms in total. The molecule has 0 aromatic heterocycles. The number of halogens is 3. The van der Waals surface area contributed by atoms with Crippen LogP contribution in [0.3, 0.4) is 0 Å². The number of hydrogen-bond acceptors (Lipinski definition) is 0. The van der Waals surface area contributed by atoms with Gasteiger partial charge in [0.05, 0.1) is 6.15 Å². The van der Waals surface area contributed by atoms with Crippen LogP contribution in [0.1, 0.15) is 0 Å². The topological polar surface area (TPSA) is 0 Å². The molecule has 0 radical (unpaired) electrons. The summed E-state index contributed by atoms with van der Waals surface area (Å²) in [5, 5.41) is 0. The Morgan fingerprint density at radius 1 is 0.560 bits per heavy atom. The van der Waals surface area contributed by atoms with Gasteiger partial charge < -0.3 is 0 Å². The van der Waals surface area contributed by atoms with E-state index in [1.165, 1.54) is 36.4 Å². The Morgan fingerprint density at radius 2 is 0.800 bits per heavy atom. The summed E-state index contributed by atoms with van der Waals surface area (Å²) in [7, 11) is 0. The zero-order valence-electron chi connectivity index (χ0n) is 13.9. The largest absolute Gasteiger partial charge is 1.00 e. The molecule has 3 aromatic rings. The number of benzene rings is 3. The molecule has 0 spiro atoms. The molecule has 0 saturated carbocycles. The molecule has 120 valence electrons. The summed E-state index contributed by atoms with van der Waals surface area (Å²) in [6.07, 6.45) is -1.68. The maximum absolute atomic E-state index is 13.4. The second-order valence-corrected chi connectivity index (χ2v) is 5.82. The van der Waals surface area contributed by atoms with Gasteiger partial charge in [-0.2, -0.15) is 16.4 Å². The minimum atomic E-state index is -1.68. The quantitative estimate of drug-likeness (QED) is 0.604. The third kappa shape index (κ3) is 3.61. The van der Waals surface area contributed by atoms with E-state index in [9.17, 15) is 13.2 Å². The fraction of sp³-hybridized carbons (Fsp3) is 0. The molecule has 0 aliphatic carbocycles. The van der Waals surface area contributed by atoms with Crippen LogP contribution in [-0.2, 0) is 0 Å². The molecule has 0 aliphatic heterocycles. The smallest absolute Gasteiger partial charge is 0.239 e. The van der Waals surface area contributed by atoms with Gasteiger partial charge in [0, 0.05) is 0 Å². The van der Waals surface area contributed by atoms with Crippen molar-refractivity contribution in [1.29, 1.82) is 0 Å². The van der Waals surface area contributed by atoms with Gasteiger partial charge in [0.15, 0.2) is 0 Å². The third-order valence-electron chi connectivity index (χ3n) is 4.54. The van der Waals surface area contributed by atoms with Crippen molar-refractivity contribution in [3.8, 4) is 0 Å². The van der Waals surface area contributed by atoms with Crippen molar-refractivity contribution in [2.24, 2.45) is 0 Å². The van der Waals surface area contributed by atoms with E-state index >= 15 is 0 Å². The Hall–Kier alpha value is -2.15. The molecule has 3 rings (SSSR count). The molecule has 0 atom stereocenters. The zero-order valence-corrected chi connectivity index (χ0v) is 13.9. The maximum atomic E-state index is 13.4. The summed E-state index contributed by atoms with van der Waals surface area (Å²) >= 11 is 0. The molecule has 0 aliphatic rings. The minimum absolute atomic E-state index is 0. The first-order chi connectivity index (χ1) is 11.6. The van der Waals surface area contributed by atoms with E-state index in [1.54, 1.807) is 42.4 Å². The average molecular weight is 330 g/mol. The standard InChI is InChI=1S/C20H15BF3.Li/c1-2-21(15-3-9-18(22)10-4-15,16-5-11-19(23)12-6-16)17-7-13-20(24)14-8-17;/h2-14H,1H2;/q-1;+1. The molecule has 0 amide bonds. The first-order valence-electron chi connectivity index (χ1n) is 7.64. The molecule has 25 heavy (non-hydrogen) atoms. The van der Waals surface area contributed by atoms with Crippen LogP contribution in [0.5, 0.6) is 0 Å². The number of hydrogen-bond donors (Lipinski definition) is 0. The second-order valence-electron chi connectivity index (χ2n) is 5.82. The van der Waals surface area contributed by atoms with Crippen molar-refractivity contribution in [1.82, 2.24) is 0 Å². The number of rotatable bonds is 4. The molecule has 0 N–H and O–H groups in total. The van der Waals surface area contributed by atoms with Crippen molar-refractivity contribution in [2.45, 2.75) is 0 Å². The second kappa shape index (κ2) is 7.82. The van der Waals surface area contributed by atoms with E-state index in [4.69, 9.17) is 0 Å².